The molecule has 0 aliphatic carbocycles. The highest BCUT2D eigenvalue weighted by atomic mass is 19.4. The lowest BCUT2D eigenvalue weighted by Gasteiger charge is -2.25. The summed E-state index contributed by atoms with van der Waals surface area (Å²) in [5.41, 5.74) is 0.729. The molecule has 0 fully saturated rings. The highest BCUT2D eigenvalue weighted by molar-refractivity contribution is 5.57. The van der Waals surface area contributed by atoms with Gasteiger partial charge in [0.25, 0.3) is 0 Å². The molecule has 0 N–H and O–H groups in total. The number of nitrogens with zero attached hydrogens (tertiary/aromatic N) is 3. The minimum atomic E-state index is -4.73. The molecule has 1 aromatic heterocycles. The Bertz CT molecular complexity index is 1420. The van der Waals surface area contributed by atoms with Crippen LogP contribution in [0.25, 0.3) is 11.4 Å². The summed E-state index contributed by atoms with van der Waals surface area (Å²) in [5.74, 6) is -0.275. The quantitative estimate of drug-likeness (QED) is 0.145. The highest BCUT2D eigenvalue weighted by Crippen LogP contribution is 2.36. The molecule has 0 saturated heterocycles. The number of aromatic nitrogens is 2. The summed E-state index contributed by atoms with van der Waals surface area (Å²) in [6.45, 7) is 2.31. The Labute approximate surface area is 239 Å². The zero-order valence-corrected chi connectivity index (χ0v) is 22.8. The Morgan fingerprint density at radius 3 is 2.05 bits per heavy atom. The van der Waals surface area contributed by atoms with Gasteiger partial charge in [0.05, 0.1) is 5.69 Å². The van der Waals surface area contributed by atoms with Gasteiger partial charge in [-0.1, -0.05) is 86.1 Å². The molecule has 4 nitrogen and oxygen atoms in total. The van der Waals surface area contributed by atoms with Crippen molar-refractivity contribution in [2.45, 2.75) is 64.7 Å². The normalized spacial score (nSPS) is 12.3. The molecule has 0 aliphatic rings. The average Bonchev–Trinajstić information content (AvgIpc) is 3.31. The lowest BCUT2D eigenvalue weighted by atomic mass is 10.1. The predicted octanol–water partition coefficient (Wildman–Crippen LogP) is 8.81. The molecular formula is C31H30F7N3O. The van der Waals surface area contributed by atoms with E-state index in [4.69, 9.17) is 0 Å². The van der Waals surface area contributed by atoms with Gasteiger partial charge in [-0.2, -0.15) is 30.7 Å². The molecule has 42 heavy (non-hydrogen) atoms. The van der Waals surface area contributed by atoms with Gasteiger partial charge in [-0.05, 0) is 29.7 Å². The number of unbranched alkanes of at least 4 members (excludes halogenated alkanes) is 1. The minimum absolute atomic E-state index is 0.0171. The molecule has 4 aromatic rings. The third kappa shape index (κ3) is 7.90. The van der Waals surface area contributed by atoms with Crippen LogP contribution in [0, 0.1) is 0 Å². The summed E-state index contributed by atoms with van der Waals surface area (Å²) in [5, 5.41) is 0. The number of hydrogen-bond donors (Lipinski definition) is 0. The van der Waals surface area contributed by atoms with E-state index in [1.807, 2.05) is 25.1 Å². The maximum atomic E-state index is 14.4. The van der Waals surface area contributed by atoms with Crippen molar-refractivity contribution in [3.05, 3.63) is 107 Å². The van der Waals surface area contributed by atoms with Crippen LogP contribution in [0.1, 0.15) is 42.3 Å². The molecule has 0 radical (unpaired) electrons. The number of halogens is 7. The van der Waals surface area contributed by atoms with Crippen molar-refractivity contribution in [2.75, 3.05) is 0 Å². The van der Waals surface area contributed by atoms with Crippen LogP contribution in [-0.4, -0.2) is 27.0 Å². The van der Waals surface area contributed by atoms with Crippen LogP contribution in [-0.2, 0) is 32.4 Å². The van der Waals surface area contributed by atoms with E-state index in [0.29, 0.717) is 24.1 Å². The minimum Gasteiger partial charge on any atom is -0.428 e. The van der Waals surface area contributed by atoms with Gasteiger partial charge >= 0.3 is 18.7 Å². The molecule has 0 spiro atoms. The van der Waals surface area contributed by atoms with Gasteiger partial charge < -0.3 is 9.30 Å². The third-order valence-electron chi connectivity index (χ3n) is 6.54. The molecule has 11 heteroatoms. The van der Waals surface area contributed by atoms with Crippen LogP contribution in [0.3, 0.4) is 0 Å². The van der Waals surface area contributed by atoms with Crippen LogP contribution in [0.2, 0.25) is 0 Å². The zero-order chi connectivity index (χ0) is 30.3. The zero-order valence-electron chi connectivity index (χ0n) is 22.8. The van der Waals surface area contributed by atoms with E-state index in [1.54, 1.807) is 58.0 Å². The number of rotatable bonds is 13. The van der Waals surface area contributed by atoms with Gasteiger partial charge in [-0.25, -0.2) is 4.98 Å². The Balaban J connectivity index is 1.75. The molecule has 0 amide bonds. The lowest BCUT2D eigenvalue weighted by molar-refractivity contribution is -0.253. The van der Waals surface area contributed by atoms with Crippen LogP contribution in [0.5, 0.6) is 5.75 Å². The Hall–Kier alpha value is -3.86. The second-order valence-corrected chi connectivity index (χ2v) is 9.84. The van der Waals surface area contributed by atoms with Crippen molar-refractivity contribution in [3.8, 4) is 17.1 Å². The fourth-order valence-electron chi connectivity index (χ4n) is 4.63. The second-order valence-electron chi connectivity index (χ2n) is 9.84. The Morgan fingerprint density at radius 2 is 1.43 bits per heavy atom. The van der Waals surface area contributed by atoms with Gasteiger partial charge in [0.15, 0.2) is 5.69 Å². The van der Waals surface area contributed by atoms with E-state index in [0.717, 1.165) is 18.1 Å². The average molecular weight is 594 g/mol. The van der Waals surface area contributed by atoms with Gasteiger partial charge in [-0.15, -0.1) is 0 Å². The molecular weight excluding hydrogens is 563 g/mol. The summed E-state index contributed by atoms with van der Waals surface area (Å²) >= 11 is 0. The molecule has 0 aliphatic heterocycles. The van der Waals surface area contributed by atoms with E-state index >= 15 is 0 Å². The van der Waals surface area contributed by atoms with E-state index in [-0.39, 0.29) is 31.2 Å². The van der Waals surface area contributed by atoms with E-state index in [9.17, 15) is 30.7 Å². The summed E-state index contributed by atoms with van der Waals surface area (Å²) in [6.07, 6.45) is -12.1. The predicted molar refractivity (Wildman–Crippen MR) is 145 cm³/mol. The van der Waals surface area contributed by atoms with E-state index in [1.165, 1.54) is 12.1 Å². The molecule has 4 rings (SSSR count). The van der Waals surface area contributed by atoms with Crippen LogP contribution < -0.4 is 4.74 Å². The first kappa shape index (κ1) is 31.1. The van der Waals surface area contributed by atoms with Crippen LogP contribution in [0.4, 0.5) is 30.7 Å². The summed E-state index contributed by atoms with van der Waals surface area (Å²) in [7, 11) is 0. The Kier molecular flexibility index (Phi) is 9.93. The number of imidazole rings is 1. The van der Waals surface area contributed by atoms with E-state index in [2.05, 4.69) is 9.72 Å². The first-order chi connectivity index (χ1) is 20.0. The number of ether oxygens (including phenoxy) is 1. The van der Waals surface area contributed by atoms with Gasteiger partial charge in [0.2, 0.25) is 0 Å². The number of benzene rings is 3. The maximum absolute atomic E-state index is 14.4. The number of hydrogen-bond acceptors (Lipinski definition) is 3. The lowest BCUT2D eigenvalue weighted by Crippen LogP contribution is -2.33. The number of alkyl halides is 7. The third-order valence-corrected chi connectivity index (χ3v) is 6.54. The highest BCUT2D eigenvalue weighted by Gasteiger charge is 2.44. The maximum Gasteiger partial charge on any atom is 0.461 e. The second kappa shape index (κ2) is 13.4. The first-order valence-corrected chi connectivity index (χ1v) is 13.4. The van der Waals surface area contributed by atoms with Crippen LogP contribution >= 0.6 is 0 Å². The van der Waals surface area contributed by atoms with Crippen molar-refractivity contribution < 1.29 is 35.5 Å². The molecule has 1 heterocycles. The smallest absolute Gasteiger partial charge is 0.428 e. The van der Waals surface area contributed by atoms with Crippen molar-refractivity contribution in [1.29, 1.82) is 0 Å². The summed E-state index contributed by atoms with van der Waals surface area (Å²) < 4.78 is 102. The Morgan fingerprint density at radius 1 is 0.810 bits per heavy atom. The first-order valence-electron chi connectivity index (χ1n) is 13.4. The van der Waals surface area contributed by atoms with Crippen LogP contribution in [0.15, 0.2) is 84.9 Å². The van der Waals surface area contributed by atoms with Crippen molar-refractivity contribution in [3.63, 3.8) is 0 Å². The van der Waals surface area contributed by atoms with Gasteiger partial charge in [0, 0.05) is 31.7 Å². The SMILES string of the molecule is CCCCn1c(-c2ccccc2)nc(C(F)(F)F)c1CN(Cc1ccccc1)Cc1cccc(OC(F)(F)C(F)F)c1. The summed E-state index contributed by atoms with van der Waals surface area (Å²) in [6, 6.07) is 22.9. The molecule has 3 aromatic carbocycles. The topological polar surface area (TPSA) is 30.3 Å². The summed E-state index contributed by atoms with van der Waals surface area (Å²) in [4.78, 5) is 5.80. The molecule has 0 atom stereocenters. The molecule has 0 unspecified atom stereocenters. The van der Waals surface area contributed by atoms with Crippen molar-refractivity contribution in [2.24, 2.45) is 0 Å². The fraction of sp³-hybridized carbons (Fsp3) is 0.323. The molecule has 0 bridgehead atoms. The largest absolute Gasteiger partial charge is 0.461 e. The van der Waals surface area contributed by atoms with E-state index < -0.39 is 30.2 Å². The molecule has 224 valence electrons. The van der Waals surface area contributed by atoms with Gasteiger partial charge in [-0.3, -0.25) is 4.90 Å². The monoisotopic (exact) mass is 593 g/mol. The van der Waals surface area contributed by atoms with Gasteiger partial charge in [0.1, 0.15) is 11.6 Å². The molecule has 0 saturated carbocycles. The fourth-order valence-corrected chi connectivity index (χ4v) is 4.63. The van der Waals surface area contributed by atoms with Crippen molar-refractivity contribution in [1.82, 2.24) is 14.5 Å². The standard InChI is InChI=1S/C31H30F7N3O/c1-2-3-17-41-26(27(30(34,35)36)39-28(41)24-14-8-5-9-15-24)21-40(19-22-11-6-4-7-12-22)20-23-13-10-16-25(18-23)42-31(37,38)29(32)33/h4-16,18,29H,2-3,17,19-21H2,1H3. The van der Waals surface area contributed by atoms with Crippen molar-refractivity contribution >= 4 is 0 Å².